The summed E-state index contributed by atoms with van der Waals surface area (Å²) in [6, 6.07) is 14.8. The third kappa shape index (κ3) is 7.85. The molecule has 0 heterocycles. The summed E-state index contributed by atoms with van der Waals surface area (Å²) >= 11 is 14.7. The number of benzene rings is 2. The minimum atomic E-state index is -2.70. The molecule has 0 saturated carbocycles. The van der Waals surface area contributed by atoms with Crippen LogP contribution in [0, 0.1) is 0 Å². The van der Waals surface area contributed by atoms with Crippen LogP contribution in [-0.2, 0) is 13.6 Å². The van der Waals surface area contributed by atoms with Crippen LogP contribution in [0.15, 0.2) is 58.3 Å². The van der Waals surface area contributed by atoms with Crippen LogP contribution >= 0.6 is 55.0 Å². The molecule has 0 N–H and O–H groups in total. The van der Waals surface area contributed by atoms with Gasteiger partial charge < -0.3 is 0 Å². The predicted molar refractivity (Wildman–Crippen MR) is 114 cm³/mol. The Balaban J connectivity index is 1.92. The van der Waals surface area contributed by atoms with Gasteiger partial charge in [0.05, 0.1) is 0 Å². The summed E-state index contributed by atoms with van der Waals surface area (Å²) in [4.78, 5) is 0.545. The van der Waals surface area contributed by atoms with E-state index in [2.05, 4.69) is 0 Å². The molecule has 0 bridgehead atoms. The second kappa shape index (κ2) is 9.38. The minimum absolute atomic E-state index is 0.672. The normalized spacial score (nSPS) is 12.6. The lowest BCUT2D eigenvalue weighted by molar-refractivity contribution is 0.130. The van der Waals surface area contributed by atoms with E-state index in [1.807, 2.05) is 76.2 Å². The molecule has 26 heavy (non-hydrogen) atoms. The number of hydrogen-bond acceptors (Lipinski definition) is 5. The van der Waals surface area contributed by atoms with Crippen LogP contribution < -0.4 is 0 Å². The number of rotatable bonds is 8. The fourth-order valence-corrected chi connectivity index (χ4v) is 5.55. The maximum Gasteiger partial charge on any atom is 0.321 e. The highest BCUT2D eigenvalue weighted by molar-refractivity contribution is 8.01. The van der Waals surface area contributed by atoms with Crippen molar-refractivity contribution < 1.29 is 13.6 Å². The van der Waals surface area contributed by atoms with Crippen molar-refractivity contribution in [3.05, 3.63) is 58.6 Å². The average Bonchev–Trinajstić information content (AvgIpc) is 2.50. The number of thioether (sulfide) groups is 2. The average molecular weight is 451 g/mol. The summed E-state index contributed by atoms with van der Waals surface area (Å²) in [5, 5.41) is 1.34. The van der Waals surface area contributed by atoms with E-state index in [4.69, 9.17) is 32.2 Å². The molecule has 0 saturated heterocycles. The quantitative estimate of drug-likeness (QED) is 0.233. The zero-order valence-electron chi connectivity index (χ0n) is 14.9. The van der Waals surface area contributed by atoms with Gasteiger partial charge in [-0.1, -0.05) is 46.7 Å². The molecule has 3 nitrogen and oxygen atoms in total. The van der Waals surface area contributed by atoms with Gasteiger partial charge in [0.1, 0.15) is 9.87 Å². The van der Waals surface area contributed by atoms with Gasteiger partial charge >= 0.3 is 8.25 Å². The molecule has 142 valence electrons. The van der Waals surface area contributed by atoms with Crippen molar-refractivity contribution in [1.29, 1.82) is 0 Å². The lowest BCUT2D eigenvalue weighted by Crippen LogP contribution is -2.20. The molecule has 0 aromatic heterocycles. The monoisotopic (exact) mass is 450 g/mol. The van der Waals surface area contributed by atoms with Gasteiger partial charge in [-0.2, -0.15) is 0 Å². The summed E-state index contributed by atoms with van der Waals surface area (Å²) in [5.74, 6) is 0. The molecule has 0 unspecified atom stereocenters. The maximum absolute atomic E-state index is 12.4. The van der Waals surface area contributed by atoms with Gasteiger partial charge in [-0.3, -0.25) is 13.6 Å². The van der Waals surface area contributed by atoms with Gasteiger partial charge in [-0.15, -0.1) is 0 Å². The number of halogens is 2. The minimum Gasteiger partial charge on any atom is -0.293 e. The van der Waals surface area contributed by atoms with E-state index in [0.717, 1.165) is 9.79 Å². The Labute approximate surface area is 174 Å². The molecule has 2 aromatic rings. The Morgan fingerprint density at radius 3 is 1.35 bits per heavy atom. The van der Waals surface area contributed by atoms with Crippen LogP contribution in [0.3, 0.4) is 0 Å². The van der Waals surface area contributed by atoms with E-state index in [1.165, 1.54) is 23.5 Å². The molecule has 0 amide bonds. The van der Waals surface area contributed by atoms with Crippen molar-refractivity contribution in [1.82, 2.24) is 0 Å². The van der Waals surface area contributed by atoms with E-state index < -0.39 is 18.1 Å². The fraction of sp³-hybridized carbons (Fsp3) is 0.333. The first-order valence-electron chi connectivity index (χ1n) is 7.86. The summed E-state index contributed by atoms with van der Waals surface area (Å²) in [6.45, 7) is 7.43. The fourth-order valence-electron chi connectivity index (χ4n) is 2.04. The molecule has 0 aliphatic carbocycles. The molecular formula is C18H21Cl2O3PS2. The molecule has 2 aromatic carbocycles. The lowest BCUT2D eigenvalue weighted by Gasteiger charge is -2.28. The molecule has 0 radical (unpaired) electrons. The summed E-state index contributed by atoms with van der Waals surface area (Å²) < 4.78 is 23.8. The van der Waals surface area contributed by atoms with Crippen molar-refractivity contribution in [2.45, 2.75) is 47.4 Å². The summed E-state index contributed by atoms with van der Waals surface area (Å²) in [6.07, 6.45) is 0. The Kier molecular flexibility index (Phi) is 7.99. The largest absolute Gasteiger partial charge is 0.321 e. The topological polar surface area (TPSA) is 35.5 Å². The van der Waals surface area contributed by atoms with E-state index in [1.54, 1.807) is 0 Å². The Morgan fingerprint density at radius 1 is 0.731 bits per heavy atom. The highest BCUT2D eigenvalue weighted by Crippen LogP contribution is 2.46. The SMILES string of the molecule is CC(C)(O[PH](=O)OC(C)(C)Sc1ccc(Cl)cc1)Sc1ccc(Cl)cc1. The second-order valence-electron chi connectivity index (χ2n) is 6.37. The molecule has 2 rings (SSSR count). The second-order valence-corrected chi connectivity index (χ2v) is 11.5. The zero-order valence-corrected chi connectivity index (χ0v) is 19.1. The van der Waals surface area contributed by atoms with Gasteiger partial charge in [0.15, 0.2) is 0 Å². The standard InChI is InChI=1S/C18H21Cl2O3PS2/c1-17(2,25-15-9-5-13(19)6-10-15)22-24(21)23-18(3,4)26-16-11-7-14(20)8-12-16/h5-12,24H,1-4H3. The molecule has 0 aliphatic rings. The van der Waals surface area contributed by atoms with Crippen LogP contribution in [0.1, 0.15) is 27.7 Å². The smallest absolute Gasteiger partial charge is 0.293 e. The van der Waals surface area contributed by atoms with Gasteiger partial charge in [0.2, 0.25) is 0 Å². The predicted octanol–water partition coefficient (Wildman–Crippen LogP) is 7.77. The first-order chi connectivity index (χ1) is 12.0. The molecule has 8 heteroatoms. The Bertz CT molecular complexity index is 687. The first kappa shape index (κ1) is 22.2. The van der Waals surface area contributed by atoms with E-state index >= 15 is 0 Å². The van der Waals surface area contributed by atoms with E-state index in [9.17, 15) is 4.57 Å². The maximum atomic E-state index is 12.4. The highest BCUT2D eigenvalue weighted by Gasteiger charge is 2.29. The van der Waals surface area contributed by atoms with Crippen molar-refractivity contribution in [3.8, 4) is 0 Å². The lowest BCUT2D eigenvalue weighted by atomic mass is 10.4. The third-order valence-electron chi connectivity index (χ3n) is 3.01. The third-order valence-corrected chi connectivity index (χ3v) is 7.33. The highest BCUT2D eigenvalue weighted by atomic mass is 35.5. The van der Waals surface area contributed by atoms with Crippen molar-refractivity contribution in [2.24, 2.45) is 0 Å². The van der Waals surface area contributed by atoms with Crippen molar-refractivity contribution in [2.75, 3.05) is 0 Å². The van der Waals surface area contributed by atoms with Crippen LogP contribution in [0.2, 0.25) is 10.0 Å². The van der Waals surface area contributed by atoms with Gasteiger partial charge in [-0.05, 0) is 76.2 Å². The molecular weight excluding hydrogens is 430 g/mol. The summed E-state index contributed by atoms with van der Waals surface area (Å²) in [5.41, 5.74) is 0. The van der Waals surface area contributed by atoms with Crippen LogP contribution in [-0.4, -0.2) is 9.87 Å². The van der Waals surface area contributed by atoms with Crippen molar-refractivity contribution in [3.63, 3.8) is 0 Å². The number of hydrogen-bond donors (Lipinski definition) is 0. The van der Waals surface area contributed by atoms with Crippen LogP contribution in [0.5, 0.6) is 0 Å². The van der Waals surface area contributed by atoms with E-state index in [0.29, 0.717) is 10.0 Å². The van der Waals surface area contributed by atoms with Crippen molar-refractivity contribution >= 4 is 55.0 Å². The zero-order chi connectivity index (χ0) is 19.4. The molecule has 0 atom stereocenters. The molecule has 0 fully saturated rings. The van der Waals surface area contributed by atoms with E-state index in [-0.39, 0.29) is 0 Å². The molecule has 0 aliphatic heterocycles. The van der Waals surface area contributed by atoms with Crippen LogP contribution in [0.4, 0.5) is 0 Å². The van der Waals surface area contributed by atoms with Gasteiger partial charge in [-0.25, -0.2) is 0 Å². The van der Waals surface area contributed by atoms with Gasteiger partial charge in [0, 0.05) is 19.8 Å². The van der Waals surface area contributed by atoms with Gasteiger partial charge in [0.25, 0.3) is 0 Å². The molecule has 0 spiro atoms. The summed E-state index contributed by atoms with van der Waals surface area (Å²) in [7, 11) is -2.70. The Hall–Kier alpha value is -0.130. The first-order valence-corrected chi connectivity index (χ1v) is 11.5. The Morgan fingerprint density at radius 2 is 1.04 bits per heavy atom. The van der Waals surface area contributed by atoms with Crippen LogP contribution in [0.25, 0.3) is 0 Å².